The van der Waals surface area contributed by atoms with Crippen molar-refractivity contribution in [1.82, 2.24) is 25.5 Å². The van der Waals surface area contributed by atoms with E-state index < -0.39 is 23.0 Å². The van der Waals surface area contributed by atoms with E-state index in [1.54, 1.807) is 0 Å². The average Bonchev–Trinajstić information content (AvgIpc) is 3.22. The van der Waals surface area contributed by atoms with Crippen molar-refractivity contribution < 1.29 is 14.3 Å². The maximum Gasteiger partial charge on any atom is 0.315 e. The monoisotopic (exact) mass is 343 g/mol. The van der Waals surface area contributed by atoms with Gasteiger partial charge in [-0.3, -0.25) is 9.59 Å². The molecule has 1 aromatic carbocycles. The third-order valence-corrected chi connectivity index (χ3v) is 4.66. The van der Waals surface area contributed by atoms with Crippen LogP contribution in [0.3, 0.4) is 0 Å². The Balaban J connectivity index is 1.86. The van der Waals surface area contributed by atoms with Crippen LogP contribution < -0.4 is 5.32 Å². The molecule has 8 nitrogen and oxygen atoms in total. The van der Waals surface area contributed by atoms with E-state index in [1.807, 2.05) is 44.2 Å². The van der Waals surface area contributed by atoms with Crippen LogP contribution in [0.15, 0.2) is 36.7 Å². The van der Waals surface area contributed by atoms with Gasteiger partial charge in [0.2, 0.25) is 5.91 Å². The predicted molar refractivity (Wildman–Crippen MR) is 88.4 cm³/mol. The van der Waals surface area contributed by atoms with E-state index >= 15 is 0 Å². The number of carbonyl (C=O) groups is 2. The van der Waals surface area contributed by atoms with Crippen LogP contribution in [-0.2, 0) is 19.9 Å². The number of aromatic nitrogens is 4. The van der Waals surface area contributed by atoms with E-state index in [0.29, 0.717) is 12.8 Å². The van der Waals surface area contributed by atoms with Crippen LogP contribution in [0.1, 0.15) is 38.2 Å². The zero-order chi connectivity index (χ0) is 18.1. The molecule has 0 aliphatic heterocycles. The molecule has 0 bridgehead atoms. The number of tetrazole rings is 1. The van der Waals surface area contributed by atoms with Gasteiger partial charge in [-0.15, -0.1) is 5.10 Å². The fraction of sp³-hybridized carbons (Fsp3) is 0.471. The Bertz CT molecular complexity index is 754. The second-order valence-corrected chi connectivity index (χ2v) is 6.83. The molecular weight excluding hydrogens is 322 g/mol. The number of benzene rings is 1. The molecule has 1 aliphatic carbocycles. The summed E-state index contributed by atoms with van der Waals surface area (Å²) in [5, 5.41) is 14.1. The number of hydrogen-bond acceptors (Lipinski definition) is 6. The first-order valence-corrected chi connectivity index (χ1v) is 8.09. The van der Waals surface area contributed by atoms with Gasteiger partial charge in [0.15, 0.2) is 0 Å². The fourth-order valence-electron chi connectivity index (χ4n) is 3.13. The summed E-state index contributed by atoms with van der Waals surface area (Å²) in [5.74, 6) is -1.23. The molecule has 1 aromatic heterocycles. The summed E-state index contributed by atoms with van der Waals surface area (Å²) in [6.45, 7) is 3.63. The summed E-state index contributed by atoms with van der Waals surface area (Å²) in [4.78, 5) is 25.3. The first-order valence-electron chi connectivity index (χ1n) is 8.09. The molecular formula is C17H21N5O3. The minimum atomic E-state index is -0.852. The van der Waals surface area contributed by atoms with Gasteiger partial charge < -0.3 is 10.1 Å². The summed E-state index contributed by atoms with van der Waals surface area (Å²) < 4.78 is 6.46. The van der Waals surface area contributed by atoms with Crippen molar-refractivity contribution in [3.8, 4) is 0 Å². The first-order chi connectivity index (χ1) is 11.9. The molecule has 1 aliphatic rings. The standard InChI is InChI=1S/C17H21N5O3/c1-16(2,13(14(23)25-3)12-7-5-4-6-8-12)19-15(24)17(9-10-17)22-11-18-20-21-22/h4-8,11,13H,9-10H2,1-3H3,(H,19,24). The summed E-state index contributed by atoms with van der Waals surface area (Å²) in [6.07, 6.45) is 2.76. The van der Waals surface area contributed by atoms with E-state index in [1.165, 1.54) is 18.1 Å². The molecule has 1 fully saturated rings. The molecule has 1 amide bonds. The van der Waals surface area contributed by atoms with Gasteiger partial charge in [-0.25, -0.2) is 4.68 Å². The van der Waals surface area contributed by atoms with Crippen molar-refractivity contribution in [1.29, 1.82) is 0 Å². The van der Waals surface area contributed by atoms with Crippen LogP contribution in [0.2, 0.25) is 0 Å². The van der Waals surface area contributed by atoms with Gasteiger partial charge in [-0.2, -0.15) is 0 Å². The number of rotatable bonds is 6. The highest BCUT2D eigenvalue weighted by Gasteiger charge is 2.55. The van der Waals surface area contributed by atoms with E-state index in [-0.39, 0.29) is 5.91 Å². The SMILES string of the molecule is COC(=O)C(c1ccccc1)C(C)(C)NC(=O)C1(n2cnnn2)CC1. The molecule has 8 heteroatoms. The third-order valence-electron chi connectivity index (χ3n) is 4.66. The zero-order valence-electron chi connectivity index (χ0n) is 14.5. The molecule has 0 saturated heterocycles. The van der Waals surface area contributed by atoms with Crippen LogP contribution in [0, 0.1) is 0 Å². The molecule has 132 valence electrons. The molecule has 1 unspecified atom stereocenters. The summed E-state index contributed by atoms with van der Waals surface area (Å²) in [6, 6.07) is 9.28. The predicted octanol–water partition coefficient (Wildman–Crippen LogP) is 1.01. The lowest BCUT2D eigenvalue weighted by Gasteiger charge is -2.35. The Morgan fingerprint density at radius 3 is 2.48 bits per heavy atom. The summed E-state index contributed by atoms with van der Waals surface area (Å²) in [7, 11) is 1.35. The van der Waals surface area contributed by atoms with Crippen molar-refractivity contribution in [3.63, 3.8) is 0 Å². The van der Waals surface area contributed by atoms with Crippen molar-refractivity contribution in [2.75, 3.05) is 7.11 Å². The number of esters is 1. The molecule has 25 heavy (non-hydrogen) atoms. The number of hydrogen-bond donors (Lipinski definition) is 1. The van der Waals surface area contributed by atoms with E-state index in [9.17, 15) is 9.59 Å². The molecule has 0 spiro atoms. The molecule has 1 atom stereocenters. The van der Waals surface area contributed by atoms with E-state index in [4.69, 9.17) is 4.74 Å². The second kappa shape index (κ2) is 6.27. The highest BCUT2D eigenvalue weighted by Crippen LogP contribution is 2.43. The number of methoxy groups -OCH3 is 1. The molecule has 1 N–H and O–H groups in total. The second-order valence-electron chi connectivity index (χ2n) is 6.83. The van der Waals surface area contributed by atoms with Crippen LogP contribution in [0.5, 0.6) is 0 Å². The van der Waals surface area contributed by atoms with Gasteiger partial charge in [0.05, 0.1) is 12.6 Å². The van der Waals surface area contributed by atoms with E-state index in [0.717, 1.165) is 5.56 Å². The molecule has 1 saturated carbocycles. The van der Waals surface area contributed by atoms with Crippen LogP contribution >= 0.6 is 0 Å². The zero-order valence-corrected chi connectivity index (χ0v) is 14.5. The number of nitrogens with one attached hydrogen (secondary N) is 1. The molecule has 0 radical (unpaired) electrons. The molecule has 3 rings (SSSR count). The largest absolute Gasteiger partial charge is 0.468 e. The van der Waals surface area contributed by atoms with Crippen molar-refractivity contribution in [3.05, 3.63) is 42.2 Å². The maximum absolute atomic E-state index is 12.9. The van der Waals surface area contributed by atoms with Crippen molar-refractivity contribution >= 4 is 11.9 Å². The number of amides is 1. The van der Waals surface area contributed by atoms with Gasteiger partial charge in [0.25, 0.3) is 0 Å². The third kappa shape index (κ3) is 3.11. The minimum absolute atomic E-state index is 0.199. The Labute approximate surface area is 145 Å². The van der Waals surface area contributed by atoms with E-state index in [2.05, 4.69) is 20.8 Å². The summed E-state index contributed by atoms with van der Waals surface area (Å²) >= 11 is 0. The lowest BCUT2D eigenvalue weighted by Crippen LogP contribution is -2.54. The smallest absolute Gasteiger partial charge is 0.315 e. The van der Waals surface area contributed by atoms with Crippen molar-refractivity contribution in [2.24, 2.45) is 0 Å². The Morgan fingerprint density at radius 1 is 1.28 bits per heavy atom. The van der Waals surface area contributed by atoms with Gasteiger partial charge in [0, 0.05) is 0 Å². The Kier molecular flexibility index (Phi) is 4.28. The molecule has 1 heterocycles. The van der Waals surface area contributed by atoms with Gasteiger partial charge in [-0.05, 0) is 42.7 Å². The van der Waals surface area contributed by atoms with Crippen LogP contribution in [0.4, 0.5) is 0 Å². The number of ether oxygens (including phenoxy) is 1. The number of carbonyl (C=O) groups excluding carboxylic acids is 2. The summed E-state index contributed by atoms with van der Waals surface area (Å²) in [5.41, 5.74) is -0.834. The van der Waals surface area contributed by atoms with Crippen LogP contribution in [-0.4, -0.2) is 44.7 Å². The Hall–Kier alpha value is -2.77. The van der Waals surface area contributed by atoms with Crippen molar-refractivity contribution in [2.45, 2.75) is 43.7 Å². The highest BCUT2D eigenvalue weighted by atomic mass is 16.5. The molecule has 2 aromatic rings. The van der Waals surface area contributed by atoms with Gasteiger partial charge in [0.1, 0.15) is 17.8 Å². The lowest BCUT2D eigenvalue weighted by molar-refractivity contribution is -0.144. The van der Waals surface area contributed by atoms with Gasteiger partial charge in [-0.1, -0.05) is 30.3 Å². The first kappa shape index (κ1) is 17.1. The maximum atomic E-state index is 12.9. The fourth-order valence-corrected chi connectivity index (χ4v) is 3.13. The Morgan fingerprint density at radius 2 is 1.96 bits per heavy atom. The highest BCUT2D eigenvalue weighted by molar-refractivity contribution is 5.89. The topological polar surface area (TPSA) is 99.0 Å². The van der Waals surface area contributed by atoms with Gasteiger partial charge >= 0.3 is 5.97 Å². The number of nitrogens with zero attached hydrogens (tertiary/aromatic N) is 4. The lowest BCUT2D eigenvalue weighted by atomic mass is 9.81. The normalized spacial score (nSPS) is 16.8. The minimum Gasteiger partial charge on any atom is -0.468 e. The quantitative estimate of drug-likeness (QED) is 0.786. The average molecular weight is 343 g/mol. The van der Waals surface area contributed by atoms with Crippen LogP contribution in [0.25, 0.3) is 0 Å².